The fraction of sp³-hybridized carbons (Fsp3) is 0.538. The van der Waals surface area contributed by atoms with Crippen molar-refractivity contribution in [1.82, 2.24) is 4.31 Å². The molecule has 1 aromatic carbocycles. The molecule has 2 N–H and O–H groups in total. The lowest BCUT2D eigenvalue weighted by atomic mass is 10.2. The van der Waals surface area contributed by atoms with Gasteiger partial charge in [-0.2, -0.15) is 4.31 Å². The van der Waals surface area contributed by atoms with E-state index in [0.717, 1.165) is 0 Å². The van der Waals surface area contributed by atoms with Crippen molar-refractivity contribution in [3.8, 4) is 0 Å². The summed E-state index contributed by atoms with van der Waals surface area (Å²) in [6.07, 6.45) is 0.675. The summed E-state index contributed by atoms with van der Waals surface area (Å²) in [5, 5.41) is 0.481. The summed E-state index contributed by atoms with van der Waals surface area (Å²) in [4.78, 5) is 0.0503. The lowest BCUT2D eigenvalue weighted by molar-refractivity contribution is 0.0314. The molecule has 0 aliphatic carbocycles. The van der Waals surface area contributed by atoms with Crippen molar-refractivity contribution < 1.29 is 13.2 Å². The maximum absolute atomic E-state index is 12.9. The SMILES string of the molecule is CCC1COCCN1S(=O)(=O)c1cc(CN)c(Cl)cc1Cl. The van der Waals surface area contributed by atoms with Crippen LogP contribution in [0.15, 0.2) is 17.0 Å². The van der Waals surface area contributed by atoms with Gasteiger partial charge in [0.15, 0.2) is 0 Å². The van der Waals surface area contributed by atoms with Crippen LogP contribution in [0.2, 0.25) is 10.0 Å². The molecule has 21 heavy (non-hydrogen) atoms. The van der Waals surface area contributed by atoms with Crippen LogP contribution in [-0.2, 0) is 21.3 Å². The van der Waals surface area contributed by atoms with E-state index in [9.17, 15) is 8.42 Å². The average Bonchev–Trinajstić information content (AvgIpc) is 2.47. The first-order valence-corrected chi connectivity index (χ1v) is 8.89. The quantitative estimate of drug-likeness (QED) is 0.901. The molecular formula is C13H18Cl2N2O3S. The normalized spacial score (nSPS) is 20.7. The number of benzene rings is 1. The number of hydrogen-bond donors (Lipinski definition) is 1. The highest BCUT2D eigenvalue weighted by molar-refractivity contribution is 7.89. The van der Waals surface area contributed by atoms with E-state index in [1.54, 1.807) is 0 Å². The third-order valence-corrected chi connectivity index (χ3v) is 6.32. The molecule has 0 spiro atoms. The minimum absolute atomic E-state index is 0.0503. The first kappa shape index (κ1) is 17.0. The fourth-order valence-electron chi connectivity index (χ4n) is 2.33. The second-order valence-electron chi connectivity index (χ2n) is 4.83. The Kier molecular flexibility index (Phi) is 5.51. The van der Waals surface area contributed by atoms with Gasteiger partial charge in [0.1, 0.15) is 4.90 Å². The number of rotatable bonds is 4. The van der Waals surface area contributed by atoms with Gasteiger partial charge in [0.25, 0.3) is 0 Å². The lowest BCUT2D eigenvalue weighted by Crippen LogP contribution is -2.48. The van der Waals surface area contributed by atoms with E-state index < -0.39 is 10.0 Å². The van der Waals surface area contributed by atoms with Crippen molar-refractivity contribution in [2.45, 2.75) is 30.8 Å². The van der Waals surface area contributed by atoms with E-state index in [0.29, 0.717) is 36.8 Å². The van der Waals surface area contributed by atoms with Crippen molar-refractivity contribution >= 4 is 33.2 Å². The molecule has 2 rings (SSSR count). The standard InChI is InChI=1S/C13H18Cl2N2O3S/c1-2-10-8-20-4-3-17(10)21(18,19)13-5-9(7-16)11(14)6-12(13)15/h5-6,10H,2-4,7-8,16H2,1H3. The Labute approximate surface area is 135 Å². The van der Waals surface area contributed by atoms with Crippen molar-refractivity contribution in [1.29, 1.82) is 0 Å². The monoisotopic (exact) mass is 352 g/mol. The van der Waals surface area contributed by atoms with Gasteiger partial charge < -0.3 is 10.5 Å². The molecule has 1 fully saturated rings. The molecule has 0 amide bonds. The van der Waals surface area contributed by atoms with E-state index in [1.165, 1.54) is 16.4 Å². The molecule has 1 unspecified atom stereocenters. The second kappa shape index (κ2) is 6.81. The predicted octanol–water partition coefficient (Wildman–Crippen LogP) is 2.25. The number of sulfonamides is 1. The average molecular weight is 353 g/mol. The molecule has 1 saturated heterocycles. The minimum Gasteiger partial charge on any atom is -0.378 e. The molecule has 0 bridgehead atoms. The summed E-state index contributed by atoms with van der Waals surface area (Å²) in [6, 6.07) is 2.71. The summed E-state index contributed by atoms with van der Waals surface area (Å²) in [6.45, 7) is 3.17. The smallest absolute Gasteiger partial charge is 0.244 e. The van der Waals surface area contributed by atoms with Gasteiger partial charge in [-0.3, -0.25) is 0 Å². The molecule has 1 aliphatic heterocycles. The van der Waals surface area contributed by atoms with Crippen LogP contribution in [0.5, 0.6) is 0 Å². The highest BCUT2D eigenvalue weighted by Crippen LogP contribution is 2.32. The van der Waals surface area contributed by atoms with Crippen LogP contribution >= 0.6 is 23.2 Å². The molecule has 0 saturated carbocycles. The van der Waals surface area contributed by atoms with E-state index in [2.05, 4.69) is 0 Å². The van der Waals surface area contributed by atoms with Gasteiger partial charge in [-0.05, 0) is 24.1 Å². The van der Waals surface area contributed by atoms with Crippen LogP contribution in [-0.4, -0.2) is 38.5 Å². The number of morpholine rings is 1. The van der Waals surface area contributed by atoms with Gasteiger partial charge in [0.2, 0.25) is 10.0 Å². The Morgan fingerprint density at radius 2 is 2.10 bits per heavy atom. The molecule has 1 heterocycles. The number of nitrogens with two attached hydrogens (primary N) is 1. The topological polar surface area (TPSA) is 72.6 Å². The number of ether oxygens (including phenoxy) is 1. The molecular weight excluding hydrogens is 335 g/mol. The lowest BCUT2D eigenvalue weighted by Gasteiger charge is -2.34. The molecule has 0 radical (unpaired) electrons. The Bertz CT molecular complexity index is 622. The van der Waals surface area contributed by atoms with Crippen molar-refractivity contribution in [2.24, 2.45) is 5.73 Å². The molecule has 1 aromatic rings. The summed E-state index contributed by atoms with van der Waals surface area (Å²) >= 11 is 12.1. The molecule has 1 aliphatic rings. The maximum atomic E-state index is 12.9. The Morgan fingerprint density at radius 3 is 2.71 bits per heavy atom. The van der Waals surface area contributed by atoms with Crippen molar-refractivity contribution in [2.75, 3.05) is 19.8 Å². The molecule has 5 nitrogen and oxygen atoms in total. The maximum Gasteiger partial charge on any atom is 0.244 e. The highest BCUT2D eigenvalue weighted by atomic mass is 35.5. The zero-order chi connectivity index (χ0) is 15.6. The first-order valence-electron chi connectivity index (χ1n) is 6.69. The van der Waals surface area contributed by atoms with E-state index >= 15 is 0 Å². The predicted molar refractivity (Wildman–Crippen MR) is 83.1 cm³/mol. The largest absolute Gasteiger partial charge is 0.378 e. The summed E-state index contributed by atoms with van der Waals surface area (Å²) in [5.74, 6) is 0. The van der Waals surface area contributed by atoms with Gasteiger partial charge in [-0.25, -0.2) is 8.42 Å². The minimum atomic E-state index is -3.70. The van der Waals surface area contributed by atoms with Crippen LogP contribution in [0.4, 0.5) is 0 Å². The van der Waals surface area contributed by atoms with Crippen LogP contribution < -0.4 is 5.73 Å². The molecule has 0 aromatic heterocycles. The van der Waals surface area contributed by atoms with Gasteiger partial charge in [-0.1, -0.05) is 30.1 Å². The Balaban J connectivity index is 2.48. The van der Waals surface area contributed by atoms with Crippen LogP contribution in [0.3, 0.4) is 0 Å². The van der Waals surface area contributed by atoms with Crippen molar-refractivity contribution in [3.63, 3.8) is 0 Å². The van der Waals surface area contributed by atoms with Gasteiger partial charge in [0, 0.05) is 24.2 Å². The zero-order valence-corrected chi connectivity index (χ0v) is 14.0. The molecule has 8 heteroatoms. The number of hydrogen-bond acceptors (Lipinski definition) is 4. The van der Waals surface area contributed by atoms with E-state index in [1.807, 2.05) is 6.92 Å². The molecule has 1 atom stereocenters. The van der Waals surface area contributed by atoms with Gasteiger partial charge in [-0.15, -0.1) is 0 Å². The summed E-state index contributed by atoms with van der Waals surface area (Å²) in [5.41, 5.74) is 6.15. The van der Waals surface area contributed by atoms with E-state index in [4.69, 9.17) is 33.7 Å². The zero-order valence-electron chi connectivity index (χ0n) is 11.7. The Morgan fingerprint density at radius 1 is 1.38 bits per heavy atom. The summed E-state index contributed by atoms with van der Waals surface area (Å²) < 4.78 is 32.5. The Hall–Kier alpha value is -0.370. The third-order valence-electron chi connectivity index (χ3n) is 3.55. The van der Waals surface area contributed by atoms with Gasteiger partial charge >= 0.3 is 0 Å². The van der Waals surface area contributed by atoms with Crippen molar-refractivity contribution in [3.05, 3.63) is 27.7 Å². The van der Waals surface area contributed by atoms with Crippen LogP contribution in [0, 0.1) is 0 Å². The first-order chi connectivity index (χ1) is 9.91. The number of nitrogens with zero attached hydrogens (tertiary/aromatic N) is 1. The highest BCUT2D eigenvalue weighted by Gasteiger charge is 2.34. The third kappa shape index (κ3) is 3.36. The molecule has 118 valence electrons. The van der Waals surface area contributed by atoms with Gasteiger partial charge in [0.05, 0.1) is 18.2 Å². The second-order valence-corrected chi connectivity index (χ2v) is 7.50. The van der Waals surface area contributed by atoms with Crippen LogP contribution in [0.25, 0.3) is 0 Å². The summed E-state index contributed by atoms with van der Waals surface area (Å²) in [7, 11) is -3.70. The number of halogens is 2. The fourth-order valence-corrected chi connectivity index (χ4v) is 4.85. The van der Waals surface area contributed by atoms with E-state index in [-0.39, 0.29) is 22.5 Å². The van der Waals surface area contributed by atoms with Crippen LogP contribution in [0.1, 0.15) is 18.9 Å².